The van der Waals surface area contributed by atoms with Crippen molar-refractivity contribution in [2.75, 3.05) is 4.90 Å². The lowest BCUT2D eigenvalue weighted by atomic mass is 9.83. The Morgan fingerprint density at radius 2 is 1.46 bits per heavy atom. The normalized spacial score (nSPS) is 24.4. The van der Waals surface area contributed by atoms with Crippen molar-refractivity contribution in [3.63, 3.8) is 0 Å². The molecule has 4 atom stereocenters. The molecule has 0 aliphatic carbocycles. The zero-order valence-corrected chi connectivity index (χ0v) is 20.2. The van der Waals surface area contributed by atoms with E-state index in [1.165, 1.54) is 18.2 Å². The minimum atomic E-state index is -0.966. The third-order valence-electron chi connectivity index (χ3n) is 6.80. The molecule has 3 aliphatic rings. The van der Waals surface area contributed by atoms with Gasteiger partial charge in [0.15, 0.2) is 5.78 Å². The summed E-state index contributed by atoms with van der Waals surface area (Å²) >= 11 is 18.4. The zero-order chi connectivity index (χ0) is 24.4. The molecule has 3 aromatic rings. The topological polar surface area (TPSA) is 70.0 Å². The van der Waals surface area contributed by atoms with Crippen LogP contribution in [0.25, 0.3) is 0 Å². The van der Waals surface area contributed by atoms with E-state index >= 15 is 0 Å². The SMILES string of the molecule is O=C(c1ccc(Cl)cc1)[C@@H]1[C@@H]2C(=O)N(c3cc(Cl)cc(Cl)c3)C(=O)[C@@H]2[C@@H]2c3ccccc3C=NN12. The van der Waals surface area contributed by atoms with Crippen LogP contribution in [0.15, 0.2) is 71.8 Å². The van der Waals surface area contributed by atoms with Crippen LogP contribution in [0, 0.1) is 11.8 Å². The Balaban J connectivity index is 1.50. The standard InChI is InChI=1S/C26H16Cl3N3O3/c27-15-7-5-13(6-8-15)24(33)23-21-20(22-19-4-2-1-3-14(19)12-30-32(22)23)25(34)31(26(21)35)18-10-16(28)9-17(29)11-18/h1-12,20-23H/t20-,21+,22-,23-/m0/s1. The Labute approximate surface area is 215 Å². The fourth-order valence-corrected chi connectivity index (χ4v) is 6.02. The van der Waals surface area contributed by atoms with Gasteiger partial charge in [0.05, 0.1) is 29.8 Å². The number of Topliss-reactive ketones (excluding diaryl/α,β-unsaturated/α-hetero) is 1. The number of carbonyl (C=O) groups excluding carboxylic acids is 3. The molecule has 0 radical (unpaired) electrons. The predicted molar refractivity (Wildman–Crippen MR) is 134 cm³/mol. The van der Waals surface area contributed by atoms with Crippen molar-refractivity contribution in [3.8, 4) is 0 Å². The van der Waals surface area contributed by atoms with Crippen LogP contribution in [0.2, 0.25) is 15.1 Å². The van der Waals surface area contributed by atoms with Crippen molar-refractivity contribution in [2.24, 2.45) is 16.9 Å². The summed E-state index contributed by atoms with van der Waals surface area (Å²) in [5, 5.41) is 7.26. The van der Waals surface area contributed by atoms with Crippen molar-refractivity contribution in [3.05, 3.63) is 98.5 Å². The van der Waals surface area contributed by atoms with Crippen molar-refractivity contribution >= 4 is 64.3 Å². The van der Waals surface area contributed by atoms with Gasteiger partial charge in [-0.25, -0.2) is 4.90 Å². The molecule has 6 rings (SSSR count). The number of halogens is 3. The lowest BCUT2D eigenvalue weighted by Gasteiger charge is -2.33. The van der Waals surface area contributed by atoms with Gasteiger partial charge in [-0.1, -0.05) is 59.1 Å². The maximum absolute atomic E-state index is 13.8. The molecule has 2 amide bonds. The number of anilines is 1. The van der Waals surface area contributed by atoms with Crippen LogP contribution >= 0.6 is 34.8 Å². The second kappa shape index (κ2) is 8.19. The highest BCUT2D eigenvalue weighted by molar-refractivity contribution is 6.36. The van der Waals surface area contributed by atoms with Crippen LogP contribution < -0.4 is 4.90 Å². The largest absolute Gasteiger partial charge is 0.292 e. The first-order valence-electron chi connectivity index (χ1n) is 10.9. The Kier molecular flexibility index (Phi) is 5.22. The van der Waals surface area contributed by atoms with E-state index in [0.29, 0.717) is 20.6 Å². The molecule has 0 saturated carbocycles. The van der Waals surface area contributed by atoms with Gasteiger partial charge in [0.1, 0.15) is 6.04 Å². The summed E-state index contributed by atoms with van der Waals surface area (Å²) < 4.78 is 0. The van der Waals surface area contributed by atoms with E-state index in [2.05, 4.69) is 5.10 Å². The number of imide groups is 1. The molecule has 2 saturated heterocycles. The third kappa shape index (κ3) is 3.39. The fourth-order valence-electron chi connectivity index (χ4n) is 5.38. The molecule has 3 heterocycles. The van der Waals surface area contributed by atoms with Gasteiger partial charge in [-0.2, -0.15) is 5.10 Å². The smallest absolute Gasteiger partial charge is 0.240 e. The number of hydrogen-bond acceptors (Lipinski definition) is 5. The molecule has 0 spiro atoms. The number of rotatable bonds is 3. The van der Waals surface area contributed by atoms with Gasteiger partial charge in [-0.05, 0) is 53.6 Å². The molecule has 174 valence electrons. The zero-order valence-electron chi connectivity index (χ0n) is 17.9. The Morgan fingerprint density at radius 3 is 2.17 bits per heavy atom. The van der Waals surface area contributed by atoms with Gasteiger partial charge in [0, 0.05) is 20.6 Å². The molecule has 0 aromatic heterocycles. The Hall–Kier alpha value is -3.19. The van der Waals surface area contributed by atoms with Gasteiger partial charge in [0.25, 0.3) is 0 Å². The van der Waals surface area contributed by atoms with Gasteiger partial charge in [-0.3, -0.25) is 19.4 Å². The highest BCUT2D eigenvalue weighted by atomic mass is 35.5. The van der Waals surface area contributed by atoms with Crippen LogP contribution in [0.3, 0.4) is 0 Å². The number of benzene rings is 3. The van der Waals surface area contributed by atoms with E-state index in [0.717, 1.165) is 16.0 Å². The quantitative estimate of drug-likeness (QED) is 0.339. The van der Waals surface area contributed by atoms with Gasteiger partial charge < -0.3 is 0 Å². The fraction of sp³-hybridized carbons (Fsp3) is 0.154. The first-order valence-corrected chi connectivity index (χ1v) is 12.0. The van der Waals surface area contributed by atoms with Crippen LogP contribution in [-0.4, -0.2) is 34.9 Å². The van der Waals surface area contributed by atoms with Crippen LogP contribution in [-0.2, 0) is 9.59 Å². The second-order valence-electron chi connectivity index (χ2n) is 8.71. The van der Waals surface area contributed by atoms with E-state index in [9.17, 15) is 14.4 Å². The summed E-state index contributed by atoms with van der Waals surface area (Å²) in [6.07, 6.45) is 1.67. The first-order chi connectivity index (χ1) is 16.8. The average Bonchev–Trinajstić information content (AvgIpc) is 3.31. The lowest BCUT2D eigenvalue weighted by Crippen LogP contribution is -2.44. The van der Waals surface area contributed by atoms with Crippen molar-refractivity contribution in [1.29, 1.82) is 0 Å². The summed E-state index contributed by atoms with van der Waals surface area (Å²) in [7, 11) is 0. The third-order valence-corrected chi connectivity index (χ3v) is 7.48. The van der Waals surface area contributed by atoms with E-state index in [1.807, 2.05) is 24.3 Å². The number of fused-ring (bicyclic) bond motifs is 5. The van der Waals surface area contributed by atoms with Crippen LogP contribution in [0.4, 0.5) is 5.69 Å². The van der Waals surface area contributed by atoms with Gasteiger partial charge in [-0.15, -0.1) is 0 Å². The van der Waals surface area contributed by atoms with Crippen molar-refractivity contribution in [1.82, 2.24) is 5.01 Å². The highest BCUT2D eigenvalue weighted by Gasteiger charge is 2.65. The van der Waals surface area contributed by atoms with E-state index in [1.54, 1.807) is 35.5 Å². The van der Waals surface area contributed by atoms with Gasteiger partial charge >= 0.3 is 0 Å². The van der Waals surface area contributed by atoms with Crippen molar-refractivity contribution < 1.29 is 14.4 Å². The number of amides is 2. The number of nitrogens with zero attached hydrogens (tertiary/aromatic N) is 3. The minimum Gasteiger partial charge on any atom is -0.292 e. The Bertz CT molecular complexity index is 1420. The van der Waals surface area contributed by atoms with Crippen LogP contribution in [0.1, 0.15) is 27.5 Å². The van der Waals surface area contributed by atoms with E-state index in [-0.39, 0.29) is 11.5 Å². The monoisotopic (exact) mass is 523 g/mol. The molecule has 0 bridgehead atoms. The summed E-state index contributed by atoms with van der Waals surface area (Å²) in [6, 6.07) is 17.1. The maximum Gasteiger partial charge on any atom is 0.240 e. The molecule has 0 unspecified atom stereocenters. The summed E-state index contributed by atoms with van der Waals surface area (Å²) in [4.78, 5) is 42.6. The highest BCUT2D eigenvalue weighted by Crippen LogP contribution is 2.53. The lowest BCUT2D eigenvalue weighted by molar-refractivity contribution is -0.124. The first kappa shape index (κ1) is 22.3. The summed E-state index contributed by atoms with van der Waals surface area (Å²) in [5.41, 5.74) is 2.36. The Morgan fingerprint density at radius 1 is 0.800 bits per heavy atom. The predicted octanol–water partition coefficient (Wildman–Crippen LogP) is 5.41. The van der Waals surface area contributed by atoms with E-state index < -0.39 is 35.7 Å². The van der Waals surface area contributed by atoms with Crippen molar-refractivity contribution in [2.45, 2.75) is 12.1 Å². The number of ketones is 1. The molecule has 0 N–H and O–H groups in total. The minimum absolute atomic E-state index is 0.281. The summed E-state index contributed by atoms with van der Waals surface area (Å²) in [6.45, 7) is 0. The molecule has 3 aromatic carbocycles. The second-order valence-corrected chi connectivity index (χ2v) is 10.0. The number of hydrogen-bond donors (Lipinski definition) is 0. The maximum atomic E-state index is 13.8. The molecule has 3 aliphatic heterocycles. The van der Waals surface area contributed by atoms with Crippen LogP contribution in [0.5, 0.6) is 0 Å². The van der Waals surface area contributed by atoms with E-state index in [4.69, 9.17) is 34.8 Å². The molecular weight excluding hydrogens is 509 g/mol. The molecular formula is C26H16Cl3N3O3. The molecule has 6 nitrogen and oxygen atoms in total. The molecule has 2 fully saturated rings. The van der Waals surface area contributed by atoms with Gasteiger partial charge in [0.2, 0.25) is 11.8 Å². The average molecular weight is 525 g/mol. The number of carbonyl (C=O) groups is 3. The molecule has 35 heavy (non-hydrogen) atoms. The summed E-state index contributed by atoms with van der Waals surface area (Å²) in [5.74, 6) is -2.93. The number of hydrazone groups is 1. The molecule has 9 heteroatoms.